The van der Waals surface area contributed by atoms with Crippen molar-refractivity contribution in [3.05, 3.63) is 22.8 Å². The third kappa shape index (κ3) is 1.79. The van der Waals surface area contributed by atoms with Crippen LogP contribution in [0.5, 0.6) is 0 Å². The molecule has 1 heteroatoms. The minimum absolute atomic E-state index is 0. The van der Waals surface area contributed by atoms with E-state index in [0.29, 0.717) is 0 Å². The van der Waals surface area contributed by atoms with Crippen LogP contribution in [0.2, 0.25) is 0 Å². The molecule has 0 aliphatic heterocycles. The Morgan fingerprint density at radius 1 is 1.22 bits per heavy atom. The molecule has 1 aliphatic rings. The Labute approximate surface area is 71.3 Å². The van der Waals surface area contributed by atoms with Crippen molar-refractivity contribution >= 4 is 0 Å². The molecule has 0 bridgehead atoms. The summed E-state index contributed by atoms with van der Waals surface area (Å²) < 4.78 is 0. The van der Waals surface area contributed by atoms with Gasteiger partial charge in [-0.25, -0.2) is 0 Å². The van der Waals surface area contributed by atoms with E-state index in [1.807, 2.05) is 0 Å². The van der Waals surface area contributed by atoms with Crippen molar-refractivity contribution in [2.75, 3.05) is 0 Å². The van der Waals surface area contributed by atoms with Crippen molar-refractivity contribution in [3.8, 4) is 0 Å². The van der Waals surface area contributed by atoms with Crippen LogP contribution < -0.4 is 0 Å². The molecular weight excluding hydrogens is 291 g/mol. The van der Waals surface area contributed by atoms with E-state index in [2.05, 4.69) is 26.8 Å². The van der Waals surface area contributed by atoms with E-state index >= 15 is 0 Å². The van der Waals surface area contributed by atoms with Crippen LogP contribution in [0.1, 0.15) is 27.2 Å². The summed E-state index contributed by atoms with van der Waals surface area (Å²) in [5, 5.41) is 0. The second kappa shape index (κ2) is 3.37. The molecule has 0 aromatic rings. The first kappa shape index (κ1) is 9.17. The van der Waals surface area contributed by atoms with Gasteiger partial charge in [0.15, 0.2) is 0 Å². The van der Waals surface area contributed by atoms with Crippen molar-refractivity contribution in [2.24, 2.45) is 0 Å². The predicted octanol–water partition coefficient (Wildman–Crippen LogP) is 2.67. The molecule has 0 N–H and O–H groups in total. The van der Waals surface area contributed by atoms with Crippen LogP contribution in [0.25, 0.3) is 0 Å². The Kier molecular flexibility index (Phi) is 3.43. The molecule has 0 aromatic heterocycles. The smallest absolute Gasteiger partial charge is 0 e. The predicted molar refractivity (Wildman–Crippen MR) is 36.7 cm³/mol. The monoisotopic (exact) mass is 303 g/mol. The van der Waals surface area contributed by atoms with Crippen molar-refractivity contribution < 1.29 is 21.1 Å². The molecule has 1 rings (SSSR count). The molecule has 9 heavy (non-hydrogen) atoms. The van der Waals surface area contributed by atoms with Gasteiger partial charge in [-0.15, -0.1) is 0 Å². The Balaban J connectivity index is 0.000000640. The number of hydrogen-bond donors (Lipinski definition) is 0. The van der Waals surface area contributed by atoms with E-state index < -0.39 is 0 Å². The molecule has 0 amide bonds. The maximum atomic E-state index is 2.28. The fourth-order valence-corrected chi connectivity index (χ4v) is 0.949. The molecule has 0 radical (unpaired) electrons. The topological polar surface area (TPSA) is 0 Å². The normalized spacial score (nSPS) is 17.4. The van der Waals surface area contributed by atoms with Crippen LogP contribution in [0.3, 0.4) is 0 Å². The molecule has 0 spiro atoms. The average molecular weight is 303 g/mol. The summed E-state index contributed by atoms with van der Waals surface area (Å²) in [6.45, 7) is 6.56. The van der Waals surface area contributed by atoms with Gasteiger partial charge in [0.05, 0.1) is 0 Å². The Morgan fingerprint density at radius 2 is 1.78 bits per heavy atom. The summed E-state index contributed by atoms with van der Waals surface area (Å²) in [5.41, 5.74) is 4.48. The van der Waals surface area contributed by atoms with Gasteiger partial charge in [-0.2, -0.15) is 0 Å². The minimum Gasteiger partial charge on any atom is -0.0773 e. The van der Waals surface area contributed by atoms with Crippen molar-refractivity contribution in [1.29, 1.82) is 0 Å². The van der Waals surface area contributed by atoms with Gasteiger partial charge in [0.2, 0.25) is 0 Å². The van der Waals surface area contributed by atoms with E-state index in [4.69, 9.17) is 0 Å². The van der Waals surface area contributed by atoms with E-state index in [1.165, 1.54) is 23.1 Å². The van der Waals surface area contributed by atoms with E-state index in [9.17, 15) is 0 Å². The molecule has 0 saturated heterocycles. The summed E-state index contributed by atoms with van der Waals surface area (Å²) >= 11 is 0. The first-order valence-electron chi connectivity index (χ1n) is 3.05. The van der Waals surface area contributed by atoms with Gasteiger partial charge in [0.25, 0.3) is 0 Å². The third-order valence-corrected chi connectivity index (χ3v) is 1.95. The fraction of sp³-hybridized carbons (Fsp3) is 0.500. The van der Waals surface area contributed by atoms with Crippen LogP contribution in [-0.2, 0) is 21.1 Å². The summed E-state index contributed by atoms with van der Waals surface area (Å²) in [6, 6.07) is 0. The van der Waals surface area contributed by atoms with E-state index in [0.717, 1.165) is 0 Å². The Hall–Kier alpha value is 0.168. The molecule has 1 aliphatic carbocycles. The summed E-state index contributed by atoms with van der Waals surface area (Å²) in [7, 11) is 0. The van der Waals surface area contributed by atoms with Gasteiger partial charge < -0.3 is 0 Å². The largest absolute Gasteiger partial charge is 0.0773 e. The first-order chi connectivity index (χ1) is 3.72. The number of rotatable bonds is 0. The van der Waals surface area contributed by atoms with Gasteiger partial charge >= 0.3 is 0 Å². The number of hydrogen-bond acceptors (Lipinski definition) is 0. The zero-order valence-corrected chi connectivity index (χ0v) is 8.37. The molecule has 0 fully saturated rings. The quantitative estimate of drug-likeness (QED) is 0.645. The summed E-state index contributed by atoms with van der Waals surface area (Å²) in [6.07, 6.45) is 3.46. The second-order valence-electron chi connectivity index (χ2n) is 2.50. The van der Waals surface area contributed by atoms with Crippen molar-refractivity contribution in [2.45, 2.75) is 27.2 Å². The Bertz CT molecular complexity index is 158. The molecule has 0 aromatic carbocycles. The molecule has 0 saturated carbocycles. The maximum absolute atomic E-state index is 2.28. The first-order valence-corrected chi connectivity index (χ1v) is 3.05. The van der Waals surface area contributed by atoms with Crippen molar-refractivity contribution in [3.63, 3.8) is 0 Å². The van der Waals surface area contributed by atoms with Crippen LogP contribution in [-0.4, -0.2) is 0 Å². The summed E-state index contributed by atoms with van der Waals surface area (Å²) in [5.74, 6) is 0. The molecule has 0 nitrogen and oxygen atoms in total. The zero-order valence-electron chi connectivity index (χ0n) is 6.10. The standard InChI is InChI=1S/C8H12.Pt/c1-6-4-5-7(2)8(6)3;/h4H,5H2,1-3H3;. The minimum atomic E-state index is 0. The van der Waals surface area contributed by atoms with Crippen LogP contribution in [0.4, 0.5) is 0 Å². The molecule has 0 unspecified atom stereocenters. The van der Waals surface area contributed by atoms with E-state index in [-0.39, 0.29) is 21.1 Å². The maximum Gasteiger partial charge on any atom is 0 e. The number of allylic oxidation sites excluding steroid dienone is 4. The van der Waals surface area contributed by atoms with Crippen LogP contribution >= 0.6 is 0 Å². The third-order valence-electron chi connectivity index (χ3n) is 1.95. The zero-order chi connectivity index (χ0) is 6.15. The van der Waals surface area contributed by atoms with Crippen molar-refractivity contribution in [1.82, 2.24) is 0 Å². The summed E-state index contributed by atoms with van der Waals surface area (Å²) in [4.78, 5) is 0. The molecule has 54 valence electrons. The van der Waals surface area contributed by atoms with Gasteiger partial charge in [0, 0.05) is 21.1 Å². The van der Waals surface area contributed by atoms with Crippen LogP contribution in [0, 0.1) is 0 Å². The van der Waals surface area contributed by atoms with Gasteiger partial charge in [-0.05, 0) is 32.8 Å². The molecule has 0 heterocycles. The average Bonchev–Trinajstić information content (AvgIpc) is 1.98. The second-order valence-corrected chi connectivity index (χ2v) is 2.50. The van der Waals surface area contributed by atoms with Crippen LogP contribution in [0.15, 0.2) is 22.8 Å². The fourth-order valence-electron chi connectivity index (χ4n) is 0.949. The van der Waals surface area contributed by atoms with Gasteiger partial charge in [-0.3, -0.25) is 0 Å². The molecular formula is C8H12Pt. The Morgan fingerprint density at radius 3 is 1.89 bits per heavy atom. The SMILES string of the molecule is CC1=CCC(C)=C1C.[Pt]. The van der Waals surface area contributed by atoms with Gasteiger partial charge in [-0.1, -0.05) is 17.2 Å². The van der Waals surface area contributed by atoms with E-state index in [1.54, 1.807) is 0 Å². The van der Waals surface area contributed by atoms with Gasteiger partial charge in [0.1, 0.15) is 0 Å². The molecule has 0 atom stereocenters.